The summed E-state index contributed by atoms with van der Waals surface area (Å²) in [5.74, 6) is 2.60. The summed E-state index contributed by atoms with van der Waals surface area (Å²) in [5, 5.41) is 22.0. The lowest BCUT2D eigenvalue weighted by Gasteiger charge is -2.28. The minimum atomic E-state index is -0.137. The van der Waals surface area contributed by atoms with Gasteiger partial charge in [0.25, 0.3) is 0 Å². The van der Waals surface area contributed by atoms with E-state index in [1.54, 1.807) is 11.1 Å². The summed E-state index contributed by atoms with van der Waals surface area (Å²) in [7, 11) is 0. The molecule has 0 aliphatic carbocycles. The fraction of sp³-hybridized carbons (Fsp3) is 0.679. The number of benzene rings is 3. The Labute approximate surface area is 369 Å². The molecule has 0 radical (unpaired) electrons. The van der Waals surface area contributed by atoms with Gasteiger partial charge in [-0.3, -0.25) is 0 Å². The number of phenols is 2. The minimum absolute atomic E-state index is 0.137. The number of hydrogen-bond acceptors (Lipinski definition) is 4. The molecule has 0 saturated carbocycles. The Morgan fingerprint density at radius 1 is 0.350 bits per heavy atom. The SMILES string of the molecule is CC(C)(C)c1cc(OCCCCCCCCCCCc2ccccc2CCCCCCCCCCCOc2cc(C(C)(C)C)c(O)c(C(C)(C)C)c2)cc(C(C)(C)C)c1O. The van der Waals surface area contributed by atoms with Crippen LogP contribution < -0.4 is 9.47 Å². The molecule has 0 aliphatic rings. The van der Waals surface area contributed by atoms with E-state index in [0.717, 1.165) is 59.8 Å². The van der Waals surface area contributed by atoms with Crippen molar-refractivity contribution in [3.63, 3.8) is 0 Å². The Hall–Kier alpha value is -3.14. The Kier molecular flexibility index (Phi) is 20.9. The van der Waals surface area contributed by atoms with E-state index in [-0.39, 0.29) is 21.7 Å². The van der Waals surface area contributed by atoms with Crippen molar-refractivity contribution in [2.75, 3.05) is 13.2 Å². The maximum Gasteiger partial charge on any atom is 0.123 e. The third-order valence-electron chi connectivity index (χ3n) is 12.2. The summed E-state index contributed by atoms with van der Waals surface area (Å²) in [6, 6.07) is 17.4. The lowest BCUT2D eigenvalue weighted by molar-refractivity contribution is 0.301. The maximum atomic E-state index is 11.0. The average Bonchev–Trinajstić information content (AvgIpc) is 3.15. The minimum Gasteiger partial charge on any atom is -0.507 e. The van der Waals surface area contributed by atoms with Gasteiger partial charge in [0.2, 0.25) is 0 Å². The summed E-state index contributed by atoms with van der Waals surface area (Å²) >= 11 is 0. The van der Waals surface area contributed by atoms with Gasteiger partial charge in [-0.1, -0.05) is 197 Å². The fourth-order valence-corrected chi connectivity index (χ4v) is 8.40. The van der Waals surface area contributed by atoms with Crippen LogP contribution in [-0.2, 0) is 34.5 Å². The van der Waals surface area contributed by atoms with Gasteiger partial charge in [-0.2, -0.15) is 0 Å². The van der Waals surface area contributed by atoms with E-state index in [2.05, 4.69) is 107 Å². The molecule has 0 spiro atoms. The van der Waals surface area contributed by atoms with Gasteiger partial charge in [0, 0.05) is 22.3 Å². The monoisotopic (exact) mass is 827 g/mol. The first kappa shape index (κ1) is 51.2. The van der Waals surface area contributed by atoms with Crippen molar-refractivity contribution in [1.29, 1.82) is 0 Å². The van der Waals surface area contributed by atoms with E-state index in [1.165, 1.54) is 116 Å². The molecular formula is C56H90O4. The molecule has 0 atom stereocenters. The van der Waals surface area contributed by atoms with Crippen LogP contribution in [-0.4, -0.2) is 23.4 Å². The van der Waals surface area contributed by atoms with E-state index in [1.807, 2.05) is 24.3 Å². The third-order valence-corrected chi connectivity index (χ3v) is 12.2. The lowest BCUT2D eigenvalue weighted by Crippen LogP contribution is -2.17. The van der Waals surface area contributed by atoms with Gasteiger partial charge in [0.1, 0.15) is 23.0 Å². The predicted octanol–water partition coefficient (Wildman–Crippen LogP) is 16.6. The van der Waals surface area contributed by atoms with Crippen molar-refractivity contribution >= 4 is 0 Å². The number of aromatic hydroxyl groups is 2. The number of ether oxygens (including phenoxy) is 2. The summed E-state index contributed by atoms with van der Waals surface area (Å²) in [6.07, 6.45) is 25.6. The molecule has 2 N–H and O–H groups in total. The number of phenolic OH excluding ortho intramolecular Hbond substituents is 2. The molecule has 4 heteroatoms. The number of unbranched alkanes of at least 4 members (excludes halogenated alkanes) is 16. The number of aryl methyl sites for hydroxylation is 2. The molecular weight excluding hydrogens is 737 g/mol. The molecule has 0 amide bonds. The van der Waals surface area contributed by atoms with Gasteiger partial charge in [0.15, 0.2) is 0 Å². The molecule has 0 bridgehead atoms. The van der Waals surface area contributed by atoms with Crippen LogP contribution in [0.25, 0.3) is 0 Å². The zero-order valence-electron chi connectivity index (χ0n) is 40.9. The van der Waals surface area contributed by atoms with Crippen molar-refractivity contribution in [2.24, 2.45) is 0 Å². The van der Waals surface area contributed by atoms with Crippen molar-refractivity contribution in [2.45, 2.75) is 233 Å². The highest BCUT2D eigenvalue weighted by molar-refractivity contribution is 5.53. The predicted molar refractivity (Wildman–Crippen MR) is 259 cm³/mol. The van der Waals surface area contributed by atoms with Gasteiger partial charge < -0.3 is 19.7 Å². The van der Waals surface area contributed by atoms with Crippen LogP contribution in [0.4, 0.5) is 0 Å². The maximum absolute atomic E-state index is 11.0. The second kappa shape index (κ2) is 24.5. The molecule has 0 fully saturated rings. The fourth-order valence-electron chi connectivity index (χ4n) is 8.40. The summed E-state index contributed by atoms with van der Waals surface area (Å²) < 4.78 is 12.4. The van der Waals surface area contributed by atoms with Crippen LogP contribution in [0.5, 0.6) is 23.0 Å². The molecule has 3 rings (SSSR count). The molecule has 0 aliphatic heterocycles. The van der Waals surface area contributed by atoms with Gasteiger partial charge in [0.05, 0.1) is 13.2 Å². The largest absolute Gasteiger partial charge is 0.507 e. The summed E-state index contributed by atoms with van der Waals surface area (Å²) in [5.41, 5.74) is 6.46. The van der Waals surface area contributed by atoms with Crippen molar-refractivity contribution in [3.05, 3.63) is 81.9 Å². The molecule has 60 heavy (non-hydrogen) atoms. The number of rotatable bonds is 26. The molecule has 3 aromatic rings. The van der Waals surface area contributed by atoms with E-state index in [9.17, 15) is 10.2 Å². The molecule has 3 aromatic carbocycles. The highest BCUT2D eigenvalue weighted by Gasteiger charge is 2.28. The quantitative estimate of drug-likeness (QED) is 0.0792. The first-order chi connectivity index (χ1) is 28.2. The summed E-state index contributed by atoms with van der Waals surface area (Å²) in [4.78, 5) is 0. The normalized spacial score (nSPS) is 12.6. The molecule has 0 saturated heterocycles. The van der Waals surface area contributed by atoms with Gasteiger partial charge >= 0.3 is 0 Å². The highest BCUT2D eigenvalue weighted by atomic mass is 16.5. The van der Waals surface area contributed by atoms with Crippen molar-refractivity contribution < 1.29 is 19.7 Å². The summed E-state index contributed by atoms with van der Waals surface area (Å²) in [6.45, 7) is 27.3. The van der Waals surface area contributed by atoms with Gasteiger partial charge in [-0.25, -0.2) is 0 Å². The Morgan fingerprint density at radius 2 is 0.583 bits per heavy atom. The Balaban J connectivity index is 1.18. The molecule has 0 heterocycles. The average molecular weight is 827 g/mol. The smallest absolute Gasteiger partial charge is 0.123 e. The first-order valence-corrected chi connectivity index (χ1v) is 24.3. The zero-order chi connectivity index (χ0) is 44.4. The molecule has 0 unspecified atom stereocenters. The van der Waals surface area contributed by atoms with Gasteiger partial charge in [-0.15, -0.1) is 0 Å². The lowest BCUT2D eigenvalue weighted by atomic mass is 9.79. The van der Waals surface area contributed by atoms with E-state index >= 15 is 0 Å². The molecule has 338 valence electrons. The third kappa shape index (κ3) is 18.1. The molecule has 4 nitrogen and oxygen atoms in total. The van der Waals surface area contributed by atoms with Crippen LogP contribution >= 0.6 is 0 Å². The van der Waals surface area contributed by atoms with E-state index in [4.69, 9.17) is 9.47 Å². The second-order valence-electron chi connectivity index (χ2n) is 22.1. The van der Waals surface area contributed by atoms with Crippen molar-refractivity contribution in [3.8, 4) is 23.0 Å². The van der Waals surface area contributed by atoms with Crippen LogP contribution in [0.1, 0.15) is 232 Å². The van der Waals surface area contributed by atoms with Gasteiger partial charge in [-0.05, 0) is 95.6 Å². The second-order valence-corrected chi connectivity index (χ2v) is 22.1. The van der Waals surface area contributed by atoms with Crippen molar-refractivity contribution in [1.82, 2.24) is 0 Å². The van der Waals surface area contributed by atoms with Crippen LogP contribution in [0.2, 0.25) is 0 Å². The van der Waals surface area contributed by atoms with Crippen LogP contribution in [0.15, 0.2) is 48.5 Å². The number of hydrogen-bond donors (Lipinski definition) is 2. The highest BCUT2D eigenvalue weighted by Crippen LogP contribution is 2.43. The Bertz CT molecular complexity index is 1480. The zero-order valence-corrected chi connectivity index (χ0v) is 40.9. The first-order valence-electron chi connectivity index (χ1n) is 24.3. The van der Waals surface area contributed by atoms with E-state index < -0.39 is 0 Å². The molecule has 0 aromatic heterocycles. The van der Waals surface area contributed by atoms with E-state index in [0.29, 0.717) is 11.5 Å². The standard InChI is InChI=1S/C56H90O4/c1-53(2,3)47-39-45(40-48(51(47)57)54(4,5)6)59-37-31-25-21-17-13-15-19-23-27-33-43-35-29-30-36-44(43)34-28-24-20-16-14-18-22-26-32-38-60-46-41-49(55(7,8)9)52(58)50(42-46)56(10,11)12/h29-30,35-36,39-42,57-58H,13-28,31-34,37-38H2,1-12H3. The topological polar surface area (TPSA) is 58.9 Å². The van der Waals surface area contributed by atoms with Crippen LogP contribution in [0, 0.1) is 0 Å². The van der Waals surface area contributed by atoms with Crippen LogP contribution in [0.3, 0.4) is 0 Å². The Morgan fingerprint density at radius 3 is 0.833 bits per heavy atom.